The lowest BCUT2D eigenvalue weighted by molar-refractivity contribution is -0.131. The molecule has 2 aliphatic rings. The zero-order valence-corrected chi connectivity index (χ0v) is 22.8. The predicted octanol–water partition coefficient (Wildman–Crippen LogP) is 4.35. The number of carbonyl (C=O) groups excluding carboxylic acids is 2. The monoisotopic (exact) mass is 544 g/mol. The van der Waals surface area contributed by atoms with Crippen LogP contribution in [0.25, 0.3) is 11.1 Å². The average Bonchev–Trinajstić information content (AvgIpc) is 3.35. The summed E-state index contributed by atoms with van der Waals surface area (Å²) in [6.45, 7) is 7.34. The number of rotatable bonds is 8. The summed E-state index contributed by atoms with van der Waals surface area (Å²) in [5, 5.41) is 0. The molecule has 10 heteroatoms. The van der Waals surface area contributed by atoms with Crippen molar-refractivity contribution in [2.75, 3.05) is 26.2 Å². The van der Waals surface area contributed by atoms with Crippen LogP contribution >= 0.6 is 0 Å². The van der Waals surface area contributed by atoms with Crippen LogP contribution in [0.15, 0.2) is 36.5 Å². The van der Waals surface area contributed by atoms with Crippen LogP contribution in [0.1, 0.15) is 45.6 Å². The van der Waals surface area contributed by atoms with Gasteiger partial charge in [-0.3, -0.25) is 4.79 Å². The van der Waals surface area contributed by atoms with Gasteiger partial charge in [-0.1, -0.05) is 12.1 Å². The highest BCUT2D eigenvalue weighted by Gasteiger charge is 2.30. The molecular formula is C29H38F2N4O4. The van der Waals surface area contributed by atoms with E-state index in [9.17, 15) is 18.4 Å². The lowest BCUT2D eigenvalue weighted by Crippen LogP contribution is -2.44. The van der Waals surface area contributed by atoms with Gasteiger partial charge in [0.1, 0.15) is 18.1 Å². The minimum Gasteiger partial charge on any atom is -0.474 e. The summed E-state index contributed by atoms with van der Waals surface area (Å²) in [7, 11) is 0. The summed E-state index contributed by atoms with van der Waals surface area (Å²) in [6, 6.07) is 7.45. The van der Waals surface area contributed by atoms with E-state index >= 15 is 0 Å². The number of halogens is 2. The molecule has 39 heavy (non-hydrogen) atoms. The van der Waals surface area contributed by atoms with Gasteiger partial charge >= 0.3 is 6.09 Å². The summed E-state index contributed by atoms with van der Waals surface area (Å²) < 4.78 is 39.6. The molecule has 2 aliphatic heterocycles. The Kier molecular flexibility index (Phi) is 9.37. The van der Waals surface area contributed by atoms with Crippen molar-refractivity contribution in [3.8, 4) is 17.0 Å². The van der Waals surface area contributed by atoms with Crippen LogP contribution in [-0.2, 0) is 16.0 Å². The fourth-order valence-electron chi connectivity index (χ4n) is 5.10. The number of aromatic nitrogens is 1. The van der Waals surface area contributed by atoms with Crippen molar-refractivity contribution in [2.45, 2.75) is 70.9 Å². The first kappa shape index (κ1) is 28.7. The molecule has 3 heterocycles. The summed E-state index contributed by atoms with van der Waals surface area (Å²) in [6.07, 6.45) is 2.13. The molecule has 2 aromatic rings. The molecule has 4 rings (SSSR count). The highest BCUT2D eigenvalue weighted by Crippen LogP contribution is 2.27. The lowest BCUT2D eigenvalue weighted by atomic mass is 9.92. The fraction of sp³-hybridized carbons (Fsp3) is 0.552. The van der Waals surface area contributed by atoms with Gasteiger partial charge in [0.25, 0.3) is 0 Å². The highest BCUT2D eigenvalue weighted by atomic mass is 19.1. The number of piperidine rings is 1. The predicted molar refractivity (Wildman–Crippen MR) is 143 cm³/mol. The molecular weight excluding hydrogens is 506 g/mol. The van der Waals surface area contributed by atoms with Crippen molar-refractivity contribution in [3.05, 3.63) is 47.9 Å². The number of pyridine rings is 1. The van der Waals surface area contributed by atoms with E-state index in [-0.39, 0.29) is 37.2 Å². The van der Waals surface area contributed by atoms with Gasteiger partial charge in [0.05, 0.1) is 18.7 Å². The Hall–Kier alpha value is -3.27. The molecule has 1 aromatic carbocycles. The number of hydrogen-bond acceptors (Lipinski definition) is 6. The molecule has 2 fully saturated rings. The zero-order chi connectivity index (χ0) is 28.1. The van der Waals surface area contributed by atoms with E-state index in [0.29, 0.717) is 49.0 Å². The Morgan fingerprint density at radius 1 is 1.05 bits per heavy atom. The normalized spacial score (nSPS) is 19.7. The maximum Gasteiger partial charge on any atom is 0.410 e. The first-order chi connectivity index (χ1) is 18.6. The van der Waals surface area contributed by atoms with Crippen molar-refractivity contribution < 1.29 is 27.8 Å². The minimum absolute atomic E-state index is 0.0408. The van der Waals surface area contributed by atoms with E-state index in [4.69, 9.17) is 15.2 Å². The van der Waals surface area contributed by atoms with Gasteiger partial charge < -0.3 is 25.0 Å². The van der Waals surface area contributed by atoms with E-state index in [1.165, 1.54) is 11.0 Å². The topological polar surface area (TPSA) is 98.0 Å². The molecule has 1 aromatic heterocycles. The molecule has 2 unspecified atom stereocenters. The van der Waals surface area contributed by atoms with Gasteiger partial charge in [0.2, 0.25) is 11.8 Å². The Bertz CT molecular complexity index is 1140. The lowest BCUT2D eigenvalue weighted by Gasteiger charge is -2.34. The van der Waals surface area contributed by atoms with E-state index in [1.54, 1.807) is 29.3 Å². The molecule has 2 amide bonds. The average molecular weight is 545 g/mol. The molecule has 0 radical (unpaired) electrons. The standard InChI is InChI=1S/C29H38F2N4O4/c1-18(2)38-29(37)34-11-8-20(9-12-34)19(3)39-27-7-6-23(16-33-27)21-4-5-22(25(31)14-21)15-26(32)28(36)35-13-10-24(30)17-35/h4-7,14,16,18-20,24,26H,8-13,15,17,32H2,1-3H3/t19-,24?,26?/m1/s1. The number of amides is 2. The van der Waals surface area contributed by atoms with E-state index in [0.717, 1.165) is 18.4 Å². The summed E-state index contributed by atoms with van der Waals surface area (Å²) in [4.78, 5) is 32.1. The molecule has 2 saturated heterocycles. The van der Waals surface area contributed by atoms with E-state index in [1.807, 2.05) is 26.8 Å². The Morgan fingerprint density at radius 2 is 1.74 bits per heavy atom. The third-order valence-corrected chi connectivity index (χ3v) is 7.43. The number of ether oxygens (including phenoxy) is 2. The molecule has 0 bridgehead atoms. The third kappa shape index (κ3) is 7.44. The molecule has 2 N–H and O–H groups in total. The number of alkyl halides is 1. The second-order valence-electron chi connectivity index (χ2n) is 10.8. The SMILES string of the molecule is CC(C)OC(=O)N1CCC([C@@H](C)Oc2ccc(-c3ccc(CC(N)C(=O)N4CCC(F)C4)c(F)c3)cn2)CC1. The van der Waals surface area contributed by atoms with Crippen LogP contribution in [0.3, 0.4) is 0 Å². The Morgan fingerprint density at radius 3 is 2.33 bits per heavy atom. The van der Waals surface area contributed by atoms with Gasteiger partial charge in [-0.2, -0.15) is 0 Å². The van der Waals surface area contributed by atoms with Crippen molar-refractivity contribution in [3.63, 3.8) is 0 Å². The number of hydrogen-bond donors (Lipinski definition) is 1. The van der Waals surface area contributed by atoms with Crippen LogP contribution < -0.4 is 10.5 Å². The smallest absolute Gasteiger partial charge is 0.410 e. The third-order valence-electron chi connectivity index (χ3n) is 7.43. The zero-order valence-electron chi connectivity index (χ0n) is 22.8. The number of likely N-dealkylation sites (tertiary alicyclic amines) is 2. The van der Waals surface area contributed by atoms with Crippen LogP contribution in [0.2, 0.25) is 0 Å². The van der Waals surface area contributed by atoms with E-state index in [2.05, 4.69) is 4.98 Å². The largest absolute Gasteiger partial charge is 0.474 e. The quantitative estimate of drug-likeness (QED) is 0.531. The van der Waals surface area contributed by atoms with Crippen molar-refractivity contribution in [2.24, 2.45) is 11.7 Å². The number of benzene rings is 1. The van der Waals surface area contributed by atoms with Crippen LogP contribution in [0.4, 0.5) is 13.6 Å². The highest BCUT2D eigenvalue weighted by molar-refractivity contribution is 5.82. The first-order valence-corrected chi connectivity index (χ1v) is 13.7. The second kappa shape index (κ2) is 12.7. The summed E-state index contributed by atoms with van der Waals surface area (Å²) in [5.41, 5.74) is 7.71. The Labute approximate surface area is 228 Å². The van der Waals surface area contributed by atoms with Gasteiger partial charge in [0.15, 0.2) is 0 Å². The number of nitrogens with zero attached hydrogens (tertiary/aromatic N) is 3. The van der Waals surface area contributed by atoms with E-state index < -0.39 is 18.0 Å². The van der Waals surface area contributed by atoms with Crippen LogP contribution in [0.5, 0.6) is 5.88 Å². The maximum absolute atomic E-state index is 14.9. The summed E-state index contributed by atoms with van der Waals surface area (Å²) >= 11 is 0. The van der Waals surface area contributed by atoms with Gasteiger partial charge in [0, 0.05) is 37.5 Å². The summed E-state index contributed by atoms with van der Waals surface area (Å²) in [5.74, 6) is -0.0461. The molecule has 0 aliphatic carbocycles. The Balaban J connectivity index is 1.29. The molecule has 3 atom stereocenters. The molecule has 0 spiro atoms. The first-order valence-electron chi connectivity index (χ1n) is 13.7. The fourth-order valence-corrected chi connectivity index (χ4v) is 5.10. The number of nitrogens with two attached hydrogens (primary N) is 1. The second-order valence-corrected chi connectivity index (χ2v) is 10.8. The van der Waals surface area contributed by atoms with Gasteiger partial charge in [-0.25, -0.2) is 18.6 Å². The van der Waals surface area contributed by atoms with Gasteiger partial charge in [-0.05, 0) is 75.6 Å². The minimum atomic E-state index is -1.02. The molecule has 212 valence electrons. The van der Waals surface area contributed by atoms with Crippen molar-refractivity contribution in [1.29, 1.82) is 0 Å². The van der Waals surface area contributed by atoms with Crippen LogP contribution in [-0.4, -0.2) is 77.4 Å². The number of carbonyl (C=O) groups is 2. The van der Waals surface area contributed by atoms with Crippen LogP contribution in [0, 0.1) is 11.7 Å². The van der Waals surface area contributed by atoms with Gasteiger partial charge in [-0.15, -0.1) is 0 Å². The van der Waals surface area contributed by atoms with Crippen molar-refractivity contribution >= 4 is 12.0 Å². The maximum atomic E-state index is 14.9. The molecule has 0 saturated carbocycles. The van der Waals surface area contributed by atoms with Crippen molar-refractivity contribution in [1.82, 2.24) is 14.8 Å². The molecule has 8 nitrogen and oxygen atoms in total.